The van der Waals surface area contributed by atoms with Crippen molar-refractivity contribution in [1.29, 1.82) is 0 Å². The lowest BCUT2D eigenvalue weighted by Gasteiger charge is -2.34. The average molecular weight is 467 g/mol. The molecule has 2 aromatic rings. The van der Waals surface area contributed by atoms with Gasteiger partial charge in [-0.1, -0.05) is 0 Å². The molecule has 0 spiro atoms. The van der Waals surface area contributed by atoms with E-state index >= 15 is 0 Å². The first-order chi connectivity index (χ1) is 12.5. The van der Waals surface area contributed by atoms with E-state index < -0.39 is 0 Å². The fourth-order valence-corrected chi connectivity index (χ4v) is 3.43. The number of piperazine rings is 1. The number of hydrogen-bond acceptors (Lipinski definition) is 5. The Labute approximate surface area is 166 Å². The molecule has 0 bridgehead atoms. The fraction of sp³-hybridized carbons (Fsp3) is 0.316. The van der Waals surface area contributed by atoms with Crippen LogP contribution in [0.1, 0.15) is 10.4 Å². The number of carbonyl (C=O) groups is 1. The maximum absolute atomic E-state index is 12.5. The Morgan fingerprint density at radius 1 is 1.15 bits per heavy atom. The largest absolute Gasteiger partial charge is 0.507 e. The van der Waals surface area contributed by atoms with Crippen LogP contribution in [-0.4, -0.2) is 56.3 Å². The second-order valence-electron chi connectivity index (χ2n) is 6.29. The number of ether oxygens (including phenoxy) is 1. The van der Waals surface area contributed by atoms with Crippen molar-refractivity contribution in [1.82, 2.24) is 4.90 Å². The number of anilines is 2. The number of aromatic hydroxyl groups is 1. The van der Waals surface area contributed by atoms with Crippen LogP contribution in [0, 0.1) is 3.57 Å². The van der Waals surface area contributed by atoms with E-state index in [0.717, 1.165) is 41.2 Å². The first-order valence-electron chi connectivity index (χ1n) is 8.39. The third-order valence-corrected chi connectivity index (χ3v) is 5.16. The molecular weight excluding hydrogens is 445 g/mol. The molecule has 1 heterocycles. The van der Waals surface area contributed by atoms with E-state index in [9.17, 15) is 9.90 Å². The molecule has 2 N–H and O–H groups in total. The molecular formula is C19H22IN3O3. The quantitative estimate of drug-likeness (QED) is 0.678. The molecule has 0 atom stereocenters. The number of amides is 1. The van der Waals surface area contributed by atoms with Crippen molar-refractivity contribution in [2.75, 3.05) is 50.6 Å². The summed E-state index contributed by atoms with van der Waals surface area (Å²) in [5.41, 5.74) is 1.88. The monoisotopic (exact) mass is 467 g/mol. The molecule has 26 heavy (non-hydrogen) atoms. The summed E-state index contributed by atoms with van der Waals surface area (Å²) in [5.74, 6) is 0.417. The fourth-order valence-electron chi connectivity index (χ4n) is 2.96. The number of hydrogen-bond donors (Lipinski definition) is 2. The van der Waals surface area contributed by atoms with E-state index in [1.54, 1.807) is 31.4 Å². The van der Waals surface area contributed by atoms with Gasteiger partial charge in [0.1, 0.15) is 11.5 Å². The highest BCUT2D eigenvalue weighted by molar-refractivity contribution is 14.1. The van der Waals surface area contributed by atoms with Crippen molar-refractivity contribution in [2.45, 2.75) is 0 Å². The summed E-state index contributed by atoms with van der Waals surface area (Å²) in [6.07, 6.45) is 0. The second kappa shape index (κ2) is 8.13. The van der Waals surface area contributed by atoms with Crippen LogP contribution < -0.4 is 15.0 Å². The summed E-state index contributed by atoms with van der Waals surface area (Å²) in [6.45, 7) is 3.77. The molecule has 0 radical (unpaired) electrons. The van der Waals surface area contributed by atoms with Gasteiger partial charge >= 0.3 is 0 Å². The van der Waals surface area contributed by atoms with Gasteiger partial charge in [-0.2, -0.15) is 0 Å². The number of nitrogens with one attached hydrogen (secondary N) is 1. The molecule has 1 aliphatic rings. The predicted molar refractivity (Wildman–Crippen MR) is 111 cm³/mol. The highest BCUT2D eigenvalue weighted by Gasteiger charge is 2.19. The maximum Gasteiger partial charge on any atom is 0.259 e. The van der Waals surface area contributed by atoms with Crippen LogP contribution in [0.25, 0.3) is 0 Å². The van der Waals surface area contributed by atoms with Gasteiger partial charge in [0.15, 0.2) is 0 Å². The third kappa shape index (κ3) is 4.21. The Morgan fingerprint density at radius 3 is 2.54 bits per heavy atom. The Kier molecular flexibility index (Phi) is 5.87. The molecule has 1 aliphatic heterocycles. The highest BCUT2D eigenvalue weighted by atomic mass is 127. The zero-order chi connectivity index (χ0) is 18.7. The molecule has 7 heteroatoms. The number of phenols is 1. The van der Waals surface area contributed by atoms with Gasteiger partial charge in [0.2, 0.25) is 0 Å². The van der Waals surface area contributed by atoms with Crippen molar-refractivity contribution in [2.24, 2.45) is 0 Å². The van der Waals surface area contributed by atoms with Crippen LogP contribution in [0.15, 0.2) is 36.4 Å². The number of carbonyl (C=O) groups excluding carboxylic acids is 1. The van der Waals surface area contributed by atoms with Crippen LogP contribution in [0.4, 0.5) is 11.4 Å². The first kappa shape index (κ1) is 18.8. The minimum atomic E-state index is -0.339. The van der Waals surface area contributed by atoms with Crippen LogP contribution in [-0.2, 0) is 0 Å². The molecule has 0 unspecified atom stereocenters. The van der Waals surface area contributed by atoms with Crippen molar-refractivity contribution < 1.29 is 14.6 Å². The molecule has 6 nitrogen and oxygen atoms in total. The zero-order valence-corrected chi connectivity index (χ0v) is 17.0. The zero-order valence-electron chi connectivity index (χ0n) is 14.8. The van der Waals surface area contributed by atoms with Crippen molar-refractivity contribution in [3.63, 3.8) is 0 Å². The Hall–Kier alpha value is -2.00. The van der Waals surface area contributed by atoms with Gasteiger partial charge in [-0.3, -0.25) is 4.79 Å². The summed E-state index contributed by atoms with van der Waals surface area (Å²) in [6, 6.07) is 10.6. The Bertz CT molecular complexity index is 805. The number of benzene rings is 2. The average Bonchev–Trinajstić information content (AvgIpc) is 2.62. The van der Waals surface area contributed by atoms with E-state index in [-0.39, 0.29) is 17.2 Å². The number of methoxy groups -OCH3 is 1. The summed E-state index contributed by atoms with van der Waals surface area (Å²) in [7, 11) is 3.76. The van der Waals surface area contributed by atoms with Crippen molar-refractivity contribution >= 4 is 39.9 Å². The number of phenolic OH excluding ortho intramolecular Hbond substituents is 1. The second-order valence-corrected chi connectivity index (χ2v) is 7.54. The van der Waals surface area contributed by atoms with Gasteiger partial charge in [0, 0.05) is 35.4 Å². The van der Waals surface area contributed by atoms with Gasteiger partial charge < -0.3 is 25.0 Å². The molecule has 1 amide bonds. The molecule has 0 saturated carbocycles. The maximum atomic E-state index is 12.5. The lowest BCUT2D eigenvalue weighted by molar-refractivity contribution is 0.102. The molecule has 1 saturated heterocycles. The molecule has 138 valence electrons. The molecule has 0 aromatic heterocycles. The van der Waals surface area contributed by atoms with Crippen LogP contribution in [0.5, 0.6) is 11.5 Å². The van der Waals surface area contributed by atoms with Gasteiger partial charge in [-0.15, -0.1) is 0 Å². The van der Waals surface area contributed by atoms with E-state index in [1.165, 1.54) is 0 Å². The van der Waals surface area contributed by atoms with E-state index in [1.807, 2.05) is 12.1 Å². The predicted octanol–water partition coefficient (Wildman–Crippen LogP) is 3.01. The summed E-state index contributed by atoms with van der Waals surface area (Å²) in [5, 5.41) is 12.9. The summed E-state index contributed by atoms with van der Waals surface area (Å²) in [4.78, 5) is 17.1. The van der Waals surface area contributed by atoms with E-state index in [4.69, 9.17) is 4.74 Å². The number of nitrogens with zero attached hydrogens (tertiary/aromatic N) is 2. The number of rotatable bonds is 4. The van der Waals surface area contributed by atoms with Crippen molar-refractivity contribution in [3.8, 4) is 11.5 Å². The van der Waals surface area contributed by atoms with Crippen molar-refractivity contribution in [3.05, 3.63) is 45.5 Å². The van der Waals surface area contributed by atoms with Crippen LogP contribution >= 0.6 is 22.6 Å². The Morgan fingerprint density at radius 2 is 1.88 bits per heavy atom. The first-order valence-corrected chi connectivity index (χ1v) is 9.47. The normalized spacial score (nSPS) is 15.0. The molecule has 0 aliphatic carbocycles. The smallest absolute Gasteiger partial charge is 0.259 e. The minimum absolute atomic E-state index is 0.0257. The lowest BCUT2D eigenvalue weighted by Crippen LogP contribution is -2.44. The number of likely N-dealkylation sites (N-methyl/N-ethyl adjacent to an activating group) is 1. The molecule has 3 rings (SSSR count). The highest BCUT2D eigenvalue weighted by Crippen LogP contribution is 2.32. The SMILES string of the molecule is COc1ccc(NC(=O)c2ccc(I)cc2O)cc1N1CCN(C)CC1. The van der Waals surface area contributed by atoms with Gasteiger partial charge in [-0.05, 0) is 66.0 Å². The topological polar surface area (TPSA) is 65.0 Å². The van der Waals surface area contributed by atoms with E-state index in [2.05, 4.69) is 44.8 Å². The molecule has 2 aromatic carbocycles. The van der Waals surface area contributed by atoms with Gasteiger partial charge in [-0.25, -0.2) is 0 Å². The third-order valence-electron chi connectivity index (χ3n) is 4.49. The minimum Gasteiger partial charge on any atom is -0.507 e. The summed E-state index contributed by atoms with van der Waals surface area (Å²) >= 11 is 2.09. The standard InChI is InChI=1S/C19H22IN3O3/c1-22-7-9-23(10-8-22)16-12-14(4-6-18(16)26-2)21-19(25)15-5-3-13(20)11-17(15)24/h3-6,11-12,24H,7-10H2,1-2H3,(H,21,25). The van der Waals surface area contributed by atoms with Crippen LogP contribution in [0.3, 0.4) is 0 Å². The van der Waals surface area contributed by atoms with E-state index in [0.29, 0.717) is 5.69 Å². The molecule has 1 fully saturated rings. The number of halogens is 1. The lowest BCUT2D eigenvalue weighted by atomic mass is 10.1. The summed E-state index contributed by atoms with van der Waals surface area (Å²) < 4.78 is 6.37. The van der Waals surface area contributed by atoms with Crippen LogP contribution in [0.2, 0.25) is 0 Å². The van der Waals surface area contributed by atoms with Gasteiger partial charge in [0.25, 0.3) is 5.91 Å². The van der Waals surface area contributed by atoms with Gasteiger partial charge in [0.05, 0.1) is 18.4 Å². The Balaban J connectivity index is 1.82.